The summed E-state index contributed by atoms with van der Waals surface area (Å²) in [7, 11) is 3.22. The van der Waals surface area contributed by atoms with E-state index in [0.717, 1.165) is 27.6 Å². The summed E-state index contributed by atoms with van der Waals surface area (Å²) in [6.45, 7) is 0. The molecule has 0 amide bonds. The SMILES string of the molecule is COc1ccc(-c2cc(=Nc3cccc(Cl)c3)c3ccccc3o2)cc1OC. The first-order valence-electron chi connectivity index (χ1n) is 8.73. The minimum atomic E-state index is 0.636. The number of para-hydroxylation sites is 1. The van der Waals surface area contributed by atoms with E-state index >= 15 is 0 Å². The van der Waals surface area contributed by atoms with E-state index in [1.54, 1.807) is 14.2 Å². The fraction of sp³-hybridized carbons (Fsp3) is 0.0870. The van der Waals surface area contributed by atoms with Gasteiger partial charge in [-0.3, -0.25) is 0 Å². The summed E-state index contributed by atoms with van der Waals surface area (Å²) >= 11 is 6.11. The van der Waals surface area contributed by atoms with Crippen LogP contribution < -0.4 is 14.8 Å². The Morgan fingerprint density at radius 1 is 0.821 bits per heavy atom. The number of hydrogen-bond acceptors (Lipinski definition) is 4. The smallest absolute Gasteiger partial charge is 0.161 e. The van der Waals surface area contributed by atoms with Crippen molar-refractivity contribution in [2.45, 2.75) is 0 Å². The molecule has 0 aliphatic heterocycles. The van der Waals surface area contributed by atoms with Crippen LogP contribution in [0.5, 0.6) is 11.5 Å². The molecule has 0 spiro atoms. The Morgan fingerprint density at radius 3 is 2.43 bits per heavy atom. The molecule has 0 fully saturated rings. The second-order valence-electron chi connectivity index (χ2n) is 6.15. The third kappa shape index (κ3) is 3.59. The summed E-state index contributed by atoms with van der Waals surface area (Å²) in [6, 6.07) is 22.9. The van der Waals surface area contributed by atoms with Crippen molar-refractivity contribution in [2.24, 2.45) is 4.99 Å². The molecule has 5 heteroatoms. The molecule has 1 heterocycles. The molecule has 4 nitrogen and oxygen atoms in total. The van der Waals surface area contributed by atoms with E-state index in [4.69, 9.17) is 30.5 Å². The molecule has 0 aliphatic carbocycles. The Kier molecular flexibility index (Phi) is 5.04. The third-order valence-electron chi connectivity index (χ3n) is 4.38. The highest BCUT2D eigenvalue weighted by atomic mass is 35.5. The summed E-state index contributed by atoms with van der Waals surface area (Å²) < 4.78 is 16.9. The van der Waals surface area contributed by atoms with Crippen LogP contribution in [0.15, 0.2) is 82.2 Å². The van der Waals surface area contributed by atoms with Gasteiger partial charge in [0.25, 0.3) is 0 Å². The van der Waals surface area contributed by atoms with Crippen molar-refractivity contribution in [3.8, 4) is 22.8 Å². The summed E-state index contributed by atoms with van der Waals surface area (Å²) in [5.74, 6) is 1.98. The zero-order valence-corrected chi connectivity index (χ0v) is 16.2. The van der Waals surface area contributed by atoms with Crippen molar-refractivity contribution in [1.29, 1.82) is 0 Å². The lowest BCUT2D eigenvalue weighted by Crippen LogP contribution is -2.03. The van der Waals surface area contributed by atoms with Crippen LogP contribution >= 0.6 is 11.6 Å². The number of rotatable bonds is 4. The van der Waals surface area contributed by atoms with Crippen molar-refractivity contribution in [3.05, 3.63) is 83.2 Å². The van der Waals surface area contributed by atoms with E-state index < -0.39 is 0 Å². The Bertz CT molecular complexity index is 1210. The van der Waals surface area contributed by atoms with E-state index in [0.29, 0.717) is 22.3 Å². The molecule has 0 aliphatic rings. The number of benzene rings is 3. The molecule has 3 aromatic carbocycles. The molecule has 0 radical (unpaired) electrons. The maximum absolute atomic E-state index is 6.14. The molecular weight excluding hydrogens is 374 g/mol. The van der Waals surface area contributed by atoms with Crippen LogP contribution in [0.25, 0.3) is 22.3 Å². The molecule has 0 saturated heterocycles. The minimum Gasteiger partial charge on any atom is -0.493 e. The summed E-state index contributed by atoms with van der Waals surface area (Å²) in [6.07, 6.45) is 0. The normalized spacial score (nSPS) is 11.6. The van der Waals surface area contributed by atoms with Gasteiger partial charge in [0.05, 0.1) is 25.3 Å². The number of methoxy groups -OCH3 is 2. The molecule has 4 aromatic rings. The Morgan fingerprint density at radius 2 is 1.64 bits per heavy atom. The molecule has 0 bridgehead atoms. The summed E-state index contributed by atoms with van der Waals surface area (Å²) in [5, 5.41) is 2.37. The molecule has 0 saturated carbocycles. The molecule has 0 N–H and O–H groups in total. The maximum atomic E-state index is 6.14. The van der Waals surface area contributed by atoms with Gasteiger partial charge in [-0.2, -0.15) is 0 Å². The first-order chi connectivity index (χ1) is 13.7. The highest BCUT2D eigenvalue weighted by molar-refractivity contribution is 6.30. The third-order valence-corrected chi connectivity index (χ3v) is 4.61. The van der Waals surface area contributed by atoms with Crippen molar-refractivity contribution in [3.63, 3.8) is 0 Å². The zero-order chi connectivity index (χ0) is 19.5. The second kappa shape index (κ2) is 7.79. The van der Waals surface area contributed by atoms with Crippen molar-refractivity contribution < 1.29 is 13.9 Å². The Labute approximate surface area is 167 Å². The monoisotopic (exact) mass is 391 g/mol. The van der Waals surface area contributed by atoms with E-state index in [-0.39, 0.29) is 0 Å². The largest absolute Gasteiger partial charge is 0.493 e. The zero-order valence-electron chi connectivity index (χ0n) is 15.5. The van der Waals surface area contributed by atoms with Crippen LogP contribution in [0.2, 0.25) is 5.02 Å². The topological polar surface area (TPSA) is 44.0 Å². The van der Waals surface area contributed by atoms with Crippen molar-refractivity contribution in [2.75, 3.05) is 14.2 Å². The molecule has 1 aromatic heterocycles. The van der Waals surface area contributed by atoms with Gasteiger partial charge in [0.2, 0.25) is 0 Å². The van der Waals surface area contributed by atoms with E-state index in [9.17, 15) is 0 Å². The average Bonchev–Trinajstić information content (AvgIpc) is 2.73. The van der Waals surface area contributed by atoms with Crippen LogP contribution in [0, 0.1) is 0 Å². The lowest BCUT2D eigenvalue weighted by Gasteiger charge is -2.10. The lowest BCUT2D eigenvalue weighted by atomic mass is 10.1. The number of ether oxygens (including phenoxy) is 2. The van der Waals surface area contributed by atoms with Gasteiger partial charge in [-0.25, -0.2) is 4.99 Å². The Hall–Kier alpha value is -3.24. The fourth-order valence-electron chi connectivity index (χ4n) is 3.03. The predicted molar refractivity (Wildman–Crippen MR) is 111 cm³/mol. The Balaban J connectivity index is 1.94. The molecule has 28 heavy (non-hydrogen) atoms. The molecule has 0 unspecified atom stereocenters. The van der Waals surface area contributed by atoms with Gasteiger partial charge < -0.3 is 13.9 Å². The van der Waals surface area contributed by atoms with Gasteiger partial charge in [0, 0.05) is 22.0 Å². The molecule has 0 atom stereocenters. The molecular formula is C23H18ClNO3. The maximum Gasteiger partial charge on any atom is 0.161 e. The number of hydrogen-bond donors (Lipinski definition) is 0. The van der Waals surface area contributed by atoms with Gasteiger partial charge in [-0.15, -0.1) is 0 Å². The van der Waals surface area contributed by atoms with Gasteiger partial charge in [-0.1, -0.05) is 29.8 Å². The van der Waals surface area contributed by atoms with Gasteiger partial charge >= 0.3 is 0 Å². The van der Waals surface area contributed by atoms with Gasteiger partial charge in [0.15, 0.2) is 11.5 Å². The fourth-order valence-corrected chi connectivity index (χ4v) is 3.21. The lowest BCUT2D eigenvalue weighted by molar-refractivity contribution is 0.355. The van der Waals surface area contributed by atoms with Crippen LogP contribution in [0.4, 0.5) is 5.69 Å². The van der Waals surface area contributed by atoms with Crippen molar-refractivity contribution >= 4 is 28.3 Å². The van der Waals surface area contributed by atoms with E-state index in [1.165, 1.54) is 0 Å². The van der Waals surface area contributed by atoms with E-state index in [1.807, 2.05) is 72.8 Å². The first kappa shape index (κ1) is 18.1. The highest BCUT2D eigenvalue weighted by Crippen LogP contribution is 2.32. The molecule has 140 valence electrons. The standard InChI is InChI=1S/C23H18ClNO3/c1-26-21-11-10-15(12-23(21)27-2)22-14-19(18-8-3-4-9-20(18)28-22)25-17-7-5-6-16(24)13-17/h3-14H,1-2H3. The van der Waals surface area contributed by atoms with Gasteiger partial charge in [-0.05, 0) is 48.5 Å². The van der Waals surface area contributed by atoms with Crippen LogP contribution in [0.1, 0.15) is 0 Å². The highest BCUT2D eigenvalue weighted by Gasteiger charge is 2.10. The number of fused-ring (bicyclic) bond motifs is 1. The average molecular weight is 392 g/mol. The van der Waals surface area contributed by atoms with E-state index in [2.05, 4.69) is 0 Å². The quantitative estimate of drug-likeness (QED) is 0.428. The van der Waals surface area contributed by atoms with Crippen LogP contribution in [0.3, 0.4) is 0 Å². The number of nitrogens with zero attached hydrogens (tertiary/aromatic N) is 1. The molecule has 4 rings (SSSR count). The van der Waals surface area contributed by atoms with Crippen LogP contribution in [-0.4, -0.2) is 14.2 Å². The van der Waals surface area contributed by atoms with Gasteiger partial charge in [0.1, 0.15) is 11.3 Å². The summed E-state index contributed by atoms with van der Waals surface area (Å²) in [5.41, 5.74) is 2.39. The van der Waals surface area contributed by atoms with Crippen molar-refractivity contribution in [1.82, 2.24) is 0 Å². The van der Waals surface area contributed by atoms with Crippen LogP contribution in [-0.2, 0) is 0 Å². The number of halogens is 1. The first-order valence-corrected chi connectivity index (χ1v) is 9.11. The minimum absolute atomic E-state index is 0.636. The second-order valence-corrected chi connectivity index (χ2v) is 6.59. The predicted octanol–water partition coefficient (Wildman–Crippen LogP) is 6.00. The summed E-state index contributed by atoms with van der Waals surface area (Å²) in [4.78, 5) is 4.79.